The standard InChI is InChI=1S/C30H36FN3O5/c1-19(2)28-26(15-14-23(35)17-24(36)18-27(37)38)34(22-12-10-21(31)11-13-22)32-29(28)30(39)33-16-6-9-25(33)20-7-4-3-5-8-20/h3-5,7-8,10-13,19,23-25,35-36H,6,9,14-18H2,1-2H3,(H,37,38). The van der Waals surface area contributed by atoms with Crippen molar-refractivity contribution in [1.82, 2.24) is 14.7 Å². The zero-order valence-electron chi connectivity index (χ0n) is 22.3. The van der Waals surface area contributed by atoms with Crippen LogP contribution in [0.5, 0.6) is 0 Å². The van der Waals surface area contributed by atoms with Crippen molar-refractivity contribution in [2.24, 2.45) is 0 Å². The van der Waals surface area contributed by atoms with Gasteiger partial charge in [0, 0.05) is 17.8 Å². The van der Waals surface area contributed by atoms with E-state index in [-0.39, 0.29) is 30.7 Å². The van der Waals surface area contributed by atoms with Gasteiger partial charge in [0.2, 0.25) is 0 Å². The van der Waals surface area contributed by atoms with Crippen LogP contribution >= 0.6 is 0 Å². The fourth-order valence-electron chi connectivity index (χ4n) is 5.45. The predicted octanol–water partition coefficient (Wildman–Crippen LogP) is 4.63. The molecule has 1 fully saturated rings. The van der Waals surface area contributed by atoms with Crippen LogP contribution < -0.4 is 0 Å². The monoisotopic (exact) mass is 537 g/mol. The van der Waals surface area contributed by atoms with Crippen molar-refractivity contribution >= 4 is 11.9 Å². The van der Waals surface area contributed by atoms with Crippen LogP contribution in [0.2, 0.25) is 0 Å². The Kier molecular flexibility index (Phi) is 9.14. The fourth-order valence-corrected chi connectivity index (χ4v) is 5.45. The quantitative estimate of drug-likeness (QED) is 0.328. The molecule has 9 heteroatoms. The number of aliphatic carboxylic acids is 1. The molecular weight excluding hydrogens is 501 g/mol. The van der Waals surface area contributed by atoms with E-state index in [2.05, 4.69) is 0 Å². The van der Waals surface area contributed by atoms with E-state index in [1.165, 1.54) is 12.1 Å². The average molecular weight is 538 g/mol. The van der Waals surface area contributed by atoms with E-state index >= 15 is 0 Å². The molecule has 0 spiro atoms. The summed E-state index contributed by atoms with van der Waals surface area (Å²) in [6.45, 7) is 4.59. The van der Waals surface area contributed by atoms with Crippen LogP contribution in [0.3, 0.4) is 0 Å². The van der Waals surface area contributed by atoms with E-state index in [9.17, 15) is 24.2 Å². The van der Waals surface area contributed by atoms with Crippen molar-refractivity contribution in [3.8, 4) is 5.69 Å². The number of carboxylic acid groups (broad SMARTS) is 1. The second-order valence-corrected chi connectivity index (χ2v) is 10.5. The highest BCUT2D eigenvalue weighted by molar-refractivity contribution is 5.95. The molecule has 4 rings (SSSR count). The number of hydrogen-bond acceptors (Lipinski definition) is 5. The largest absolute Gasteiger partial charge is 0.481 e. The Morgan fingerprint density at radius 2 is 1.74 bits per heavy atom. The summed E-state index contributed by atoms with van der Waals surface area (Å²) in [5.74, 6) is -1.76. The summed E-state index contributed by atoms with van der Waals surface area (Å²) in [5.41, 5.74) is 3.50. The number of likely N-dealkylation sites (tertiary alicyclic amines) is 1. The van der Waals surface area contributed by atoms with Gasteiger partial charge in [0.1, 0.15) is 5.82 Å². The van der Waals surface area contributed by atoms with Crippen molar-refractivity contribution in [2.75, 3.05) is 6.54 Å². The molecule has 2 aromatic carbocycles. The van der Waals surface area contributed by atoms with Crippen LogP contribution in [0.1, 0.15) is 85.2 Å². The highest BCUT2D eigenvalue weighted by Crippen LogP contribution is 2.35. The van der Waals surface area contributed by atoms with E-state index < -0.39 is 30.4 Å². The lowest BCUT2D eigenvalue weighted by Crippen LogP contribution is -2.31. The SMILES string of the molecule is CC(C)c1c(C(=O)N2CCCC2c2ccccc2)nn(-c2ccc(F)cc2)c1CCC(O)CC(O)CC(=O)O. The molecule has 1 saturated heterocycles. The molecule has 1 aliphatic heterocycles. The molecule has 1 aliphatic rings. The summed E-state index contributed by atoms with van der Waals surface area (Å²) in [5, 5.41) is 34.2. The van der Waals surface area contributed by atoms with E-state index in [4.69, 9.17) is 10.2 Å². The minimum Gasteiger partial charge on any atom is -0.481 e. The fraction of sp³-hybridized carbons (Fsp3) is 0.433. The Balaban J connectivity index is 1.69. The first-order valence-corrected chi connectivity index (χ1v) is 13.5. The number of carbonyl (C=O) groups excluding carboxylic acids is 1. The molecule has 8 nitrogen and oxygen atoms in total. The lowest BCUT2D eigenvalue weighted by Gasteiger charge is -2.25. The Bertz CT molecular complexity index is 1280. The topological polar surface area (TPSA) is 116 Å². The molecule has 3 aromatic rings. The summed E-state index contributed by atoms with van der Waals surface area (Å²) < 4.78 is 15.4. The third-order valence-corrected chi connectivity index (χ3v) is 7.24. The molecule has 1 aromatic heterocycles. The van der Waals surface area contributed by atoms with E-state index in [0.29, 0.717) is 24.3 Å². The summed E-state index contributed by atoms with van der Waals surface area (Å²) in [4.78, 5) is 26.8. The summed E-state index contributed by atoms with van der Waals surface area (Å²) in [7, 11) is 0. The average Bonchev–Trinajstić information content (AvgIpc) is 3.53. The van der Waals surface area contributed by atoms with Crippen molar-refractivity contribution < 1.29 is 29.3 Å². The summed E-state index contributed by atoms with van der Waals surface area (Å²) in [6, 6.07) is 15.8. The lowest BCUT2D eigenvalue weighted by molar-refractivity contribution is -0.139. The van der Waals surface area contributed by atoms with Gasteiger partial charge in [-0.05, 0) is 67.9 Å². The number of aliphatic hydroxyl groups excluding tert-OH is 2. The maximum absolute atomic E-state index is 14.0. The van der Waals surface area contributed by atoms with Crippen molar-refractivity contribution in [3.63, 3.8) is 0 Å². The Hall–Kier alpha value is -3.56. The van der Waals surface area contributed by atoms with Gasteiger partial charge in [-0.3, -0.25) is 9.59 Å². The minimum absolute atomic E-state index is 0.0457. The first-order valence-electron chi connectivity index (χ1n) is 13.5. The smallest absolute Gasteiger partial charge is 0.305 e. The van der Waals surface area contributed by atoms with E-state index in [1.807, 2.05) is 49.1 Å². The van der Waals surface area contributed by atoms with Crippen molar-refractivity contribution in [3.05, 3.63) is 82.9 Å². The molecule has 0 bridgehead atoms. The van der Waals surface area contributed by atoms with Gasteiger partial charge < -0.3 is 20.2 Å². The third kappa shape index (κ3) is 6.72. The Morgan fingerprint density at radius 3 is 2.38 bits per heavy atom. The maximum atomic E-state index is 14.0. The predicted molar refractivity (Wildman–Crippen MR) is 144 cm³/mol. The van der Waals surface area contributed by atoms with Gasteiger partial charge in [0.15, 0.2) is 5.69 Å². The molecule has 39 heavy (non-hydrogen) atoms. The van der Waals surface area contributed by atoms with Crippen LogP contribution in [0, 0.1) is 5.82 Å². The first-order chi connectivity index (χ1) is 18.7. The molecule has 0 aliphatic carbocycles. The number of benzene rings is 2. The van der Waals surface area contributed by atoms with Gasteiger partial charge >= 0.3 is 5.97 Å². The number of nitrogens with zero attached hydrogens (tertiary/aromatic N) is 3. The number of carbonyl (C=O) groups is 2. The van der Waals surface area contributed by atoms with Crippen LogP contribution in [0.4, 0.5) is 4.39 Å². The molecule has 208 valence electrons. The maximum Gasteiger partial charge on any atom is 0.305 e. The van der Waals surface area contributed by atoms with Crippen molar-refractivity contribution in [2.45, 2.75) is 76.5 Å². The number of halogens is 1. The number of aromatic nitrogens is 2. The molecular formula is C30H36FN3O5. The highest BCUT2D eigenvalue weighted by Gasteiger charge is 2.35. The normalized spacial score (nSPS) is 17.0. The molecule has 3 atom stereocenters. The second kappa shape index (κ2) is 12.5. The molecule has 0 radical (unpaired) electrons. The van der Waals surface area contributed by atoms with Gasteiger partial charge in [0.25, 0.3) is 5.91 Å². The van der Waals surface area contributed by atoms with Crippen molar-refractivity contribution in [1.29, 1.82) is 0 Å². The molecule has 3 N–H and O–H groups in total. The number of hydrogen-bond donors (Lipinski definition) is 3. The Morgan fingerprint density at radius 1 is 1.05 bits per heavy atom. The molecule has 1 amide bonds. The molecule has 2 heterocycles. The van der Waals surface area contributed by atoms with Gasteiger partial charge in [0.05, 0.1) is 30.4 Å². The zero-order chi connectivity index (χ0) is 28.1. The molecule has 3 unspecified atom stereocenters. The lowest BCUT2D eigenvalue weighted by atomic mass is 9.95. The van der Waals surface area contributed by atoms with Gasteiger partial charge in [-0.2, -0.15) is 5.10 Å². The van der Waals surface area contributed by atoms with Gasteiger partial charge in [-0.25, -0.2) is 9.07 Å². The second-order valence-electron chi connectivity index (χ2n) is 10.5. The van der Waals surface area contributed by atoms with Crippen LogP contribution in [0.25, 0.3) is 5.69 Å². The Labute approximate surface area is 227 Å². The zero-order valence-corrected chi connectivity index (χ0v) is 22.3. The summed E-state index contributed by atoms with van der Waals surface area (Å²) >= 11 is 0. The van der Waals surface area contributed by atoms with Crippen LogP contribution in [0.15, 0.2) is 54.6 Å². The number of amides is 1. The van der Waals surface area contributed by atoms with Gasteiger partial charge in [-0.15, -0.1) is 0 Å². The van der Waals surface area contributed by atoms with E-state index in [0.717, 1.165) is 29.7 Å². The number of carboxylic acids is 1. The first kappa shape index (κ1) is 28.4. The summed E-state index contributed by atoms with van der Waals surface area (Å²) in [6.07, 6.45) is -0.323. The highest BCUT2D eigenvalue weighted by atomic mass is 19.1. The van der Waals surface area contributed by atoms with Crippen LogP contribution in [-0.4, -0.2) is 60.6 Å². The van der Waals surface area contributed by atoms with E-state index in [1.54, 1.807) is 16.8 Å². The third-order valence-electron chi connectivity index (χ3n) is 7.24. The van der Waals surface area contributed by atoms with Gasteiger partial charge in [-0.1, -0.05) is 44.2 Å². The number of aliphatic hydroxyl groups is 2. The van der Waals surface area contributed by atoms with Crippen LogP contribution in [-0.2, 0) is 11.2 Å². The molecule has 0 saturated carbocycles. The number of rotatable bonds is 11. The minimum atomic E-state index is -1.16.